The lowest BCUT2D eigenvalue weighted by molar-refractivity contribution is 0.0833. The molecule has 4 aromatic rings. The van der Waals surface area contributed by atoms with Crippen LogP contribution in [0.25, 0.3) is 21.2 Å². The van der Waals surface area contributed by atoms with Gasteiger partial charge >= 0.3 is 5.91 Å². The van der Waals surface area contributed by atoms with Crippen molar-refractivity contribution in [3.05, 3.63) is 57.5 Å². The van der Waals surface area contributed by atoms with Gasteiger partial charge in [0.25, 0.3) is 5.91 Å². The van der Waals surface area contributed by atoms with Gasteiger partial charge in [-0.25, -0.2) is 9.97 Å². The van der Waals surface area contributed by atoms with E-state index in [4.69, 9.17) is 4.42 Å². The van der Waals surface area contributed by atoms with Crippen molar-refractivity contribution >= 4 is 44.3 Å². The molecule has 0 bridgehead atoms. The Morgan fingerprint density at radius 3 is 2.32 bits per heavy atom. The van der Waals surface area contributed by atoms with Gasteiger partial charge in [0.1, 0.15) is 16.2 Å². The number of furan rings is 1. The lowest BCUT2D eigenvalue weighted by Gasteiger charge is -2.16. The zero-order chi connectivity index (χ0) is 22.5. The Bertz CT molecular complexity index is 1340. The molecule has 0 aliphatic heterocycles. The van der Waals surface area contributed by atoms with Crippen molar-refractivity contribution in [3.8, 4) is 0 Å². The predicted molar refractivity (Wildman–Crippen MR) is 121 cm³/mol. The van der Waals surface area contributed by atoms with E-state index in [9.17, 15) is 9.59 Å². The second-order valence-electron chi connectivity index (χ2n) is 8.58. The van der Waals surface area contributed by atoms with Crippen molar-refractivity contribution in [2.24, 2.45) is 0 Å². The molecule has 31 heavy (non-hydrogen) atoms. The van der Waals surface area contributed by atoms with Crippen molar-refractivity contribution in [2.75, 3.05) is 0 Å². The predicted octanol–water partition coefficient (Wildman–Crippen LogP) is 4.74. The van der Waals surface area contributed by atoms with E-state index in [2.05, 4.69) is 41.6 Å². The third-order valence-electron chi connectivity index (χ3n) is 5.19. The fourth-order valence-corrected chi connectivity index (χ4v) is 4.64. The molecule has 7 nitrogen and oxygen atoms in total. The molecule has 0 unspecified atom stereocenters. The second-order valence-corrected chi connectivity index (χ2v) is 9.58. The van der Waals surface area contributed by atoms with E-state index < -0.39 is 11.8 Å². The highest BCUT2D eigenvalue weighted by molar-refractivity contribution is 7.20. The number of nitrogens with one attached hydrogen (secondary N) is 2. The summed E-state index contributed by atoms with van der Waals surface area (Å²) in [5.41, 5.74) is 7.74. The molecule has 0 saturated heterocycles. The smallest absolute Gasteiger partial charge is 0.305 e. The Morgan fingerprint density at radius 1 is 0.968 bits per heavy atom. The third-order valence-corrected chi connectivity index (χ3v) is 6.37. The van der Waals surface area contributed by atoms with Crippen molar-refractivity contribution in [1.29, 1.82) is 0 Å². The minimum absolute atomic E-state index is 0.172. The molecule has 0 fully saturated rings. The number of para-hydroxylation sites is 1. The van der Waals surface area contributed by atoms with E-state index in [1.807, 2.05) is 39.0 Å². The molecule has 2 N–H and O–H groups in total. The number of hydrogen-bond acceptors (Lipinski definition) is 6. The number of carbonyl (C=O) groups is 2. The monoisotopic (exact) mass is 436 g/mol. The number of amides is 2. The van der Waals surface area contributed by atoms with Gasteiger partial charge in [0.05, 0.1) is 10.6 Å². The van der Waals surface area contributed by atoms with E-state index in [-0.39, 0.29) is 11.2 Å². The molecule has 3 heterocycles. The average Bonchev–Trinajstić information content (AvgIpc) is 3.23. The highest BCUT2D eigenvalue weighted by atomic mass is 32.1. The summed E-state index contributed by atoms with van der Waals surface area (Å²) in [5.74, 6) is -0.00316. The van der Waals surface area contributed by atoms with Gasteiger partial charge < -0.3 is 4.42 Å². The van der Waals surface area contributed by atoms with Crippen molar-refractivity contribution in [2.45, 2.75) is 47.0 Å². The molecule has 0 saturated carbocycles. The molecule has 0 radical (unpaired) electrons. The van der Waals surface area contributed by atoms with Crippen LogP contribution in [0.2, 0.25) is 0 Å². The highest BCUT2D eigenvalue weighted by Crippen LogP contribution is 2.33. The molecule has 4 rings (SSSR count). The van der Waals surface area contributed by atoms with Crippen LogP contribution in [0.1, 0.15) is 63.6 Å². The van der Waals surface area contributed by atoms with Crippen LogP contribution in [-0.4, -0.2) is 21.8 Å². The first-order chi connectivity index (χ1) is 14.6. The number of fused-ring (bicyclic) bond motifs is 2. The van der Waals surface area contributed by atoms with Crippen LogP contribution in [0, 0.1) is 20.8 Å². The van der Waals surface area contributed by atoms with Gasteiger partial charge in [-0.1, -0.05) is 39.0 Å². The Balaban J connectivity index is 1.58. The van der Waals surface area contributed by atoms with Crippen molar-refractivity contribution < 1.29 is 14.0 Å². The maximum absolute atomic E-state index is 12.8. The average molecular weight is 437 g/mol. The molecule has 0 atom stereocenters. The fraction of sp³-hybridized carbons (Fsp3) is 0.304. The topological polar surface area (TPSA) is 97.1 Å². The van der Waals surface area contributed by atoms with Crippen LogP contribution in [-0.2, 0) is 5.41 Å². The van der Waals surface area contributed by atoms with E-state index in [1.54, 1.807) is 6.07 Å². The fourth-order valence-electron chi connectivity index (χ4n) is 3.51. The maximum atomic E-state index is 12.8. The highest BCUT2D eigenvalue weighted by Gasteiger charge is 2.24. The lowest BCUT2D eigenvalue weighted by Crippen LogP contribution is -2.41. The van der Waals surface area contributed by atoms with Gasteiger partial charge in [-0.15, -0.1) is 11.3 Å². The third kappa shape index (κ3) is 3.67. The van der Waals surface area contributed by atoms with Crippen LogP contribution in [0.5, 0.6) is 0 Å². The molecule has 1 aromatic carbocycles. The minimum Gasteiger partial charge on any atom is -0.451 e. The van der Waals surface area contributed by atoms with Crippen LogP contribution >= 0.6 is 11.3 Å². The van der Waals surface area contributed by atoms with Crippen LogP contribution in [0.3, 0.4) is 0 Å². The first kappa shape index (κ1) is 21.0. The molecule has 8 heteroatoms. The summed E-state index contributed by atoms with van der Waals surface area (Å²) in [5, 5.41) is 1.74. The molecule has 160 valence electrons. The molecular formula is C23H24N4O3S. The van der Waals surface area contributed by atoms with E-state index in [0.29, 0.717) is 10.5 Å². The molecule has 2 amide bonds. The number of carbonyl (C=O) groups excluding carboxylic acids is 2. The van der Waals surface area contributed by atoms with Gasteiger partial charge in [-0.2, -0.15) is 0 Å². The Hall–Kier alpha value is -3.26. The first-order valence-corrected chi connectivity index (χ1v) is 10.8. The van der Waals surface area contributed by atoms with E-state index in [0.717, 1.165) is 38.2 Å². The van der Waals surface area contributed by atoms with Crippen molar-refractivity contribution in [1.82, 2.24) is 20.8 Å². The summed E-state index contributed by atoms with van der Waals surface area (Å²) < 4.78 is 5.65. The van der Waals surface area contributed by atoms with Crippen LogP contribution in [0.15, 0.2) is 28.7 Å². The van der Waals surface area contributed by atoms with Gasteiger partial charge in [0.15, 0.2) is 5.76 Å². The molecule has 0 aliphatic carbocycles. The Morgan fingerprint density at radius 2 is 1.65 bits per heavy atom. The number of rotatable bonds is 2. The van der Waals surface area contributed by atoms with Gasteiger partial charge in [0.2, 0.25) is 0 Å². The number of aryl methyl sites for hydroxylation is 3. The Labute approximate surface area is 183 Å². The second kappa shape index (κ2) is 7.46. The van der Waals surface area contributed by atoms with Crippen molar-refractivity contribution in [3.63, 3.8) is 0 Å². The van der Waals surface area contributed by atoms with Gasteiger partial charge in [-0.3, -0.25) is 20.4 Å². The molecular weight excluding hydrogens is 412 g/mol. The van der Waals surface area contributed by atoms with E-state index >= 15 is 0 Å². The summed E-state index contributed by atoms with van der Waals surface area (Å²) in [6.45, 7) is 11.8. The number of hydrazine groups is 1. The quantitative estimate of drug-likeness (QED) is 0.443. The summed E-state index contributed by atoms with van der Waals surface area (Å²) in [7, 11) is 0. The molecule has 3 aromatic heterocycles. The summed E-state index contributed by atoms with van der Waals surface area (Å²) in [6, 6.07) is 7.41. The number of thiophene rings is 1. The maximum Gasteiger partial charge on any atom is 0.305 e. The normalized spacial score (nSPS) is 11.8. The first-order valence-electron chi connectivity index (χ1n) is 9.95. The largest absolute Gasteiger partial charge is 0.451 e. The zero-order valence-corrected chi connectivity index (χ0v) is 19.2. The summed E-state index contributed by atoms with van der Waals surface area (Å²) in [4.78, 5) is 36.0. The number of nitrogens with zero attached hydrogens (tertiary/aromatic N) is 2. The number of hydrogen-bond donors (Lipinski definition) is 2. The molecule has 0 spiro atoms. The standard InChI is InChI=1S/C23H24N4O3S/c1-11-14-9-7-8-10-15(14)30-17(11)19(28)26-27-20(29)18-12(2)16-13(3)24-22(23(4,5)6)25-21(16)31-18/h7-10H,1-6H3,(H,26,28)(H,27,29). The lowest BCUT2D eigenvalue weighted by atomic mass is 9.95. The van der Waals surface area contributed by atoms with E-state index in [1.165, 1.54) is 11.3 Å². The van der Waals surface area contributed by atoms with Gasteiger partial charge in [0, 0.05) is 21.8 Å². The SMILES string of the molecule is Cc1c(C(=O)NNC(=O)c2sc3nc(C(C)(C)C)nc(C)c3c2C)oc2ccccc12. The number of aromatic nitrogens is 2. The summed E-state index contributed by atoms with van der Waals surface area (Å²) >= 11 is 1.29. The Kier molecular flexibility index (Phi) is 5.05. The number of benzene rings is 1. The minimum atomic E-state index is -0.508. The zero-order valence-electron chi connectivity index (χ0n) is 18.3. The molecule has 0 aliphatic rings. The van der Waals surface area contributed by atoms with Crippen LogP contribution < -0.4 is 10.9 Å². The van der Waals surface area contributed by atoms with Gasteiger partial charge in [-0.05, 0) is 32.4 Å². The summed E-state index contributed by atoms with van der Waals surface area (Å²) in [6.07, 6.45) is 0. The van der Waals surface area contributed by atoms with Crippen LogP contribution in [0.4, 0.5) is 0 Å².